The van der Waals surface area contributed by atoms with Gasteiger partial charge in [0.1, 0.15) is 12.4 Å². The van der Waals surface area contributed by atoms with Gasteiger partial charge in [-0.15, -0.1) is 10.2 Å². The number of carbonyl (C=O) groups is 1. The fourth-order valence-electron chi connectivity index (χ4n) is 2.34. The van der Waals surface area contributed by atoms with Gasteiger partial charge in [-0.25, -0.2) is 4.79 Å². The molecule has 28 heavy (non-hydrogen) atoms. The minimum absolute atomic E-state index is 0.128. The average Bonchev–Trinajstić information content (AvgIpc) is 3.25. The lowest BCUT2D eigenvalue weighted by Gasteiger charge is -2.12. The Labute approximate surface area is 160 Å². The largest absolute Gasteiger partial charge is 0.493 e. The maximum Gasteiger partial charge on any atom is 0.338 e. The van der Waals surface area contributed by atoms with Gasteiger partial charge in [0, 0.05) is 4.91 Å². The lowest BCUT2D eigenvalue weighted by atomic mass is 10.2. The van der Waals surface area contributed by atoms with E-state index in [-0.39, 0.29) is 19.8 Å². The van der Waals surface area contributed by atoms with Crippen LogP contribution in [0.1, 0.15) is 15.9 Å². The fourth-order valence-corrected chi connectivity index (χ4v) is 2.34. The minimum atomic E-state index is -0.505. The highest BCUT2D eigenvalue weighted by Gasteiger charge is 2.11. The lowest BCUT2D eigenvalue weighted by Crippen LogP contribution is -2.23. The molecule has 1 aromatic heterocycles. The van der Waals surface area contributed by atoms with Gasteiger partial charge in [-0.3, -0.25) is 0 Å². The summed E-state index contributed by atoms with van der Waals surface area (Å²) in [6.07, 6.45) is 1.30. The van der Waals surface area contributed by atoms with Crippen molar-refractivity contribution in [3.8, 4) is 5.75 Å². The molecule has 0 aliphatic heterocycles. The van der Waals surface area contributed by atoms with Gasteiger partial charge in [-0.05, 0) is 40.6 Å². The molecule has 0 radical (unpaired) electrons. The van der Waals surface area contributed by atoms with Crippen LogP contribution < -0.4 is 4.74 Å². The van der Waals surface area contributed by atoms with Crippen LogP contribution in [-0.2, 0) is 17.9 Å². The van der Waals surface area contributed by atoms with Crippen LogP contribution in [0.15, 0.2) is 66.0 Å². The second-order valence-corrected chi connectivity index (χ2v) is 5.75. The Balaban J connectivity index is 1.51. The summed E-state index contributed by atoms with van der Waals surface area (Å²) >= 11 is 0. The molecule has 142 valence electrons. The Hall–Kier alpha value is -3.91. The Kier molecular flexibility index (Phi) is 6.53. The van der Waals surface area contributed by atoms with Crippen LogP contribution in [0.25, 0.3) is 10.4 Å². The first kappa shape index (κ1) is 18.9. The van der Waals surface area contributed by atoms with Crippen LogP contribution >= 0.6 is 0 Å². The predicted octanol–water partition coefficient (Wildman–Crippen LogP) is 2.79. The molecule has 0 bridgehead atoms. The number of nitrogens with zero attached hydrogens (tertiary/aromatic N) is 7. The molecule has 0 saturated carbocycles. The van der Waals surface area contributed by atoms with Crippen molar-refractivity contribution in [1.29, 1.82) is 0 Å². The minimum Gasteiger partial charge on any atom is -0.493 e. The second kappa shape index (κ2) is 9.70. The highest BCUT2D eigenvalue weighted by molar-refractivity contribution is 5.89. The van der Waals surface area contributed by atoms with E-state index in [0.717, 1.165) is 5.56 Å². The highest BCUT2D eigenvalue weighted by atomic mass is 16.5. The van der Waals surface area contributed by atoms with Gasteiger partial charge < -0.3 is 9.47 Å². The Bertz CT molecular complexity index is 924. The third kappa shape index (κ3) is 5.55. The normalized spacial score (nSPS) is 11.3. The summed E-state index contributed by atoms with van der Waals surface area (Å²) in [5.74, 6) is 0.115. The molecule has 0 spiro atoms. The molecule has 0 amide bonds. The molecule has 10 nitrogen and oxygen atoms in total. The summed E-state index contributed by atoms with van der Waals surface area (Å²) in [4.78, 5) is 16.2. The number of esters is 1. The molecular formula is C18H17N7O3. The van der Waals surface area contributed by atoms with E-state index in [1.54, 1.807) is 24.3 Å². The van der Waals surface area contributed by atoms with E-state index >= 15 is 0 Å². The first-order chi connectivity index (χ1) is 13.7. The van der Waals surface area contributed by atoms with Crippen molar-refractivity contribution in [3.05, 3.63) is 82.5 Å². The van der Waals surface area contributed by atoms with Gasteiger partial charge in [-0.1, -0.05) is 35.4 Å². The monoisotopic (exact) mass is 379 g/mol. The van der Waals surface area contributed by atoms with Gasteiger partial charge in [0.25, 0.3) is 0 Å². The Morgan fingerprint density at radius 2 is 1.96 bits per heavy atom. The van der Waals surface area contributed by atoms with Gasteiger partial charge in [0.15, 0.2) is 6.33 Å². The van der Waals surface area contributed by atoms with Crippen molar-refractivity contribution in [3.63, 3.8) is 0 Å². The number of aromatic nitrogens is 4. The van der Waals surface area contributed by atoms with E-state index in [1.165, 1.54) is 11.1 Å². The SMILES string of the molecule is [N-]=[N+]=N[C@H](COc1ccc(C(=O)OCc2ccccc2)cc1)Cn1ncnn1. The maximum atomic E-state index is 12.1. The fraction of sp³-hybridized carbons (Fsp3) is 0.222. The summed E-state index contributed by atoms with van der Waals surface area (Å²) < 4.78 is 10.9. The molecule has 3 aromatic rings. The lowest BCUT2D eigenvalue weighted by molar-refractivity contribution is 0.0472. The molecule has 0 unspecified atom stereocenters. The molecule has 0 aliphatic carbocycles. The molecule has 1 heterocycles. The van der Waals surface area contributed by atoms with Crippen molar-refractivity contribution in [2.45, 2.75) is 19.2 Å². The molecular weight excluding hydrogens is 362 g/mol. The summed E-state index contributed by atoms with van der Waals surface area (Å²) in [6.45, 7) is 0.583. The zero-order valence-corrected chi connectivity index (χ0v) is 14.8. The number of azide groups is 1. The summed E-state index contributed by atoms with van der Waals surface area (Å²) in [7, 11) is 0. The van der Waals surface area contributed by atoms with Crippen LogP contribution in [-0.4, -0.2) is 38.8 Å². The molecule has 3 rings (SSSR count). The van der Waals surface area contributed by atoms with Crippen molar-refractivity contribution in [1.82, 2.24) is 20.2 Å². The number of tetrazole rings is 1. The van der Waals surface area contributed by atoms with E-state index in [9.17, 15) is 4.79 Å². The van der Waals surface area contributed by atoms with E-state index in [1.807, 2.05) is 30.3 Å². The first-order valence-corrected chi connectivity index (χ1v) is 8.43. The third-order valence-electron chi connectivity index (χ3n) is 3.73. The summed E-state index contributed by atoms with van der Waals surface area (Å²) in [5, 5.41) is 14.9. The Morgan fingerprint density at radius 3 is 2.64 bits per heavy atom. The number of benzene rings is 2. The van der Waals surface area contributed by atoms with Crippen LogP contribution in [0.4, 0.5) is 0 Å². The van der Waals surface area contributed by atoms with Gasteiger partial charge in [-0.2, -0.15) is 4.80 Å². The summed E-state index contributed by atoms with van der Waals surface area (Å²) in [5.41, 5.74) is 10.0. The van der Waals surface area contributed by atoms with Crippen LogP contribution in [0.3, 0.4) is 0 Å². The molecule has 2 aromatic carbocycles. The smallest absolute Gasteiger partial charge is 0.338 e. The standard InChI is InChI=1S/C18H17N7O3/c19-23-22-16(10-25-21-13-20-24-25)12-27-17-8-6-15(7-9-17)18(26)28-11-14-4-2-1-3-5-14/h1-9,13,16H,10-12H2/t16-/m0/s1. The van der Waals surface area contributed by atoms with E-state index < -0.39 is 12.0 Å². The number of ether oxygens (including phenoxy) is 2. The zero-order valence-electron chi connectivity index (χ0n) is 14.8. The van der Waals surface area contributed by atoms with E-state index in [4.69, 9.17) is 15.0 Å². The van der Waals surface area contributed by atoms with Gasteiger partial charge in [0.05, 0.1) is 24.8 Å². The van der Waals surface area contributed by atoms with E-state index in [2.05, 4.69) is 25.4 Å². The topological polar surface area (TPSA) is 128 Å². The number of rotatable bonds is 9. The summed E-state index contributed by atoms with van der Waals surface area (Å²) in [6, 6.07) is 15.5. The van der Waals surface area contributed by atoms with Crippen molar-refractivity contribution < 1.29 is 14.3 Å². The third-order valence-corrected chi connectivity index (χ3v) is 3.73. The molecule has 0 fully saturated rings. The second-order valence-electron chi connectivity index (χ2n) is 5.75. The Morgan fingerprint density at radius 1 is 1.18 bits per heavy atom. The zero-order chi connectivity index (χ0) is 19.6. The quantitative estimate of drug-likeness (QED) is 0.243. The number of hydrogen-bond acceptors (Lipinski definition) is 7. The van der Waals surface area contributed by atoms with Crippen LogP contribution in [0.2, 0.25) is 0 Å². The number of hydrogen-bond donors (Lipinski definition) is 0. The molecule has 10 heteroatoms. The van der Waals surface area contributed by atoms with Gasteiger partial charge in [0.2, 0.25) is 0 Å². The predicted molar refractivity (Wildman–Crippen MR) is 98.2 cm³/mol. The molecule has 1 atom stereocenters. The van der Waals surface area contributed by atoms with Crippen molar-refractivity contribution in [2.75, 3.05) is 6.61 Å². The van der Waals surface area contributed by atoms with Crippen molar-refractivity contribution in [2.24, 2.45) is 5.11 Å². The van der Waals surface area contributed by atoms with Crippen LogP contribution in [0.5, 0.6) is 5.75 Å². The van der Waals surface area contributed by atoms with E-state index in [0.29, 0.717) is 11.3 Å². The average molecular weight is 379 g/mol. The molecule has 0 saturated heterocycles. The highest BCUT2D eigenvalue weighted by Crippen LogP contribution is 2.14. The van der Waals surface area contributed by atoms with Crippen LogP contribution in [0, 0.1) is 0 Å². The molecule has 0 aliphatic rings. The first-order valence-electron chi connectivity index (χ1n) is 8.43. The number of carbonyl (C=O) groups excluding carboxylic acids is 1. The van der Waals surface area contributed by atoms with Gasteiger partial charge >= 0.3 is 5.97 Å². The maximum absolute atomic E-state index is 12.1. The van der Waals surface area contributed by atoms with Crippen molar-refractivity contribution >= 4 is 5.97 Å². The molecule has 0 N–H and O–H groups in total.